The van der Waals surface area contributed by atoms with Crippen molar-refractivity contribution in [1.29, 1.82) is 0 Å². The van der Waals surface area contributed by atoms with Gasteiger partial charge in [0, 0.05) is 6.54 Å². The number of primary amides is 1. The predicted molar refractivity (Wildman–Crippen MR) is 110 cm³/mol. The van der Waals surface area contributed by atoms with Crippen LogP contribution in [0.4, 0.5) is 10.1 Å². The highest BCUT2D eigenvalue weighted by molar-refractivity contribution is 6.39. The molecule has 30 heavy (non-hydrogen) atoms. The number of nitrogens with two attached hydrogens (primary N) is 1. The van der Waals surface area contributed by atoms with Crippen molar-refractivity contribution < 1.29 is 18.8 Å². The molecule has 1 aliphatic heterocycles. The minimum Gasteiger partial charge on any atom is -0.369 e. The van der Waals surface area contributed by atoms with E-state index in [0.717, 1.165) is 11.1 Å². The van der Waals surface area contributed by atoms with Crippen molar-refractivity contribution in [3.8, 4) is 0 Å². The van der Waals surface area contributed by atoms with Crippen LogP contribution in [0.25, 0.3) is 0 Å². The Labute approximate surface area is 172 Å². The van der Waals surface area contributed by atoms with E-state index in [1.165, 1.54) is 17.1 Å². The van der Waals surface area contributed by atoms with E-state index in [1.54, 1.807) is 24.3 Å². The van der Waals surface area contributed by atoms with Crippen molar-refractivity contribution in [2.75, 3.05) is 18.1 Å². The van der Waals surface area contributed by atoms with Crippen molar-refractivity contribution in [2.45, 2.75) is 13.3 Å². The molecule has 1 atom stereocenters. The molecule has 2 aromatic rings. The quantitative estimate of drug-likeness (QED) is 0.626. The number of hydrogen-bond donors (Lipinski definition) is 3. The molecule has 2 aromatic carbocycles. The number of aryl methyl sites for hydroxylation is 1. The van der Waals surface area contributed by atoms with Crippen LogP contribution in [0.2, 0.25) is 0 Å². The standard InChI is InChI=1S/C21H22FN5O3/c1-13-2-8-17(9-3-13)27-18(28)12-24-20(26-27)21(30)25-11-15(19(23)29)10-14-4-6-16(22)7-5-14/h2-9,15H,10-12H2,1H3,(H2,23,29)(H,24,26)(H,25,30). The second kappa shape index (κ2) is 9.17. The van der Waals surface area contributed by atoms with Gasteiger partial charge in [0.05, 0.1) is 11.6 Å². The Kier molecular flexibility index (Phi) is 6.41. The molecule has 0 radical (unpaired) electrons. The fourth-order valence-corrected chi connectivity index (χ4v) is 2.92. The lowest BCUT2D eigenvalue weighted by Gasteiger charge is -2.28. The summed E-state index contributed by atoms with van der Waals surface area (Å²) in [6.07, 6.45) is 0.254. The highest BCUT2D eigenvalue weighted by Gasteiger charge is 2.26. The van der Waals surface area contributed by atoms with Gasteiger partial charge in [-0.15, -0.1) is 0 Å². The molecule has 156 valence electrons. The summed E-state index contributed by atoms with van der Waals surface area (Å²) in [6.45, 7) is 1.72. The first kappa shape index (κ1) is 21.0. The van der Waals surface area contributed by atoms with Crippen LogP contribution in [0.5, 0.6) is 0 Å². The van der Waals surface area contributed by atoms with Gasteiger partial charge in [0.1, 0.15) is 12.4 Å². The van der Waals surface area contributed by atoms with Crippen molar-refractivity contribution in [2.24, 2.45) is 16.6 Å². The number of carbonyl (C=O) groups is 3. The summed E-state index contributed by atoms with van der Waals surface area (Å²) < 4.78 is 13.0. The van der Waals surface area contributed by atoms with E-state index in [2.05, 4.69) is 15.7 Å². The molecular formula is C21H22FN5O3. The minimum atomic E-state index is -0.682. The van der Waals surface area contributed by atoms with Crippen LogP contribution in [0.1, 0.15) is 11.1 Å². The van der Waals surface area contributed by atoms with Gasteiger partial charge in [0.25, 0.3) is 11.8 Å². The lowest BCUT2D eigenvalue weighted by molar-refractivity contribution is -0.122. The Morgan fingerprint density at radius 1 is 1.20 bits per heavy atom. The third-order valence-corrected chi connectivity index (χ3v) is 4.65. The summed E-state index contributed by atoms with van der Waals surface area (Å²) in [7, 11) is 0. The number of carbonyl (C=O) groups excluding carboxylic acids is 3. The summed E-state index contributed by atoms with van der Waals surface area (Å²) in [5, 5.41) is 3.87. The summed E-state index contributed by atoms with van der Waals surface area (Å²) in [4.78, 5) is 40.4. The molecular weight excluding hydrogens is 389 g/mol. The third kappa shape index (κ3) is 5.19. The first-order valence-corrected chi connectivity index (χ1v) is 9.36. The highest BCUT2D eigenvalue weighted by Crippen LogP contribution is 2.15. The third-order valence-electron chi connectivity index (χ3n) is 4.65. The molecule has 0 bridgehead atoms. The maximum absolute atomic E-state index is 13.0. The van der Waals surface area contributed by atoms with Crippen LogP contribution in [0, 0.1) is 18.7 Å². The largest absolute Gasteiger partial charge is 0.369 e. The lowest BCUT2D eigenvalue weighted by atomic mass is 9.98. The van der Waals surface area contributed by atoms with Gasteiger partial charge >= 0.3 is 0 Å². The number of nitrogens with one attached hydrogen (secondary N) is 2. The van der Waals surface area contributed by atoms with Crippen LogP contribution < -0.4 is 21.5 Å². The van der Waals surface area contributed by atoms with E-state index in [1.807, 2.05) is 19.1 Å². The second-order valence-corrected chi connectivity index (χ2v) is 6.98. The molecule has 8 nitrogen and oxygen atoms in total. The van der Waals surface area contributed by atoms with Gasteiger partial charge in [0.15, 0.2) is 0 Å². The van der Waals surface area contributed by atoms with Crippen molar-refractivity contribution in [3.63, 3.8) is 0 Å². The van der Waals surface area contributed by atoms with Crippen LogP contribution in [0.15, 0.2) is 53.5 Å². The highest BCUT2D eigenvalue weighted by atomic mass is 19.1. The first-order valence-electron chi connectivity index (χ1n) is 9.36. The lowest BCUT2D eigenvalue weighted by Crippen LogP contribution is -2.56. The van der Waals surface area contributed by atoms with Gasteiger partial charge < -0.3 is 11.1 Å². The summed E-state index contributed by atoms with van der Waals surface area (Å²) in [6, 6.07) is 12.9. The van der Waals surface area contributed by atoms with Crippen LogP contribution >= 0.6 is 0 Å². The van der Waals surface area contributed by atoms with Crippen LogP contribution in [-0.4, -0.2) is 36.6 Å². The molecule has 9 heteroatoms. The van der Waals surface area contributed by atoms with Crippen LogP contribution in [-0.2, 0) is 20.8 Å². The number of rotatable bonds is 7. The van der Waals surface area contributed by atoms with Crippen LogP contribution in [0.3, 0.4) is 0 Å². The fraction of sp³-hybridized carbons (Fsp3) is 0.238. The Morgan fingerprint density at radius 3 is 2.50 bits per heavy atom. The van der Waals surface area contributed by atoms with Crippen molar-refractivity contribution >= 4 is 29.2 Å². The Bertz CT molecular complexity index is 973. The average molecular weight is 411 g/mol. The summed E-state index contributed by atoms with van der Waals surface area (Å²) in [5.41, 5.74) is 10.5. The van der Waals surface area contributed by atoms with Gasteiger partial charge in [-0.2, -0.15) is 0 Å². The van der Waals surface area contributed by atoms with E-state index in [0.29, 0.717) is 5.69 Å². The molecule has 0 aliphatic carbocycles. The average Bonchev–Trinajstić information content (AvgIpc) is 2.73. The SMILES string of the molecule is Cc1ccc(N2NC(C(=O)NCC(Cc3ccc(F)cc3)C(N)=O)=NCC2=O)cc1. The fourth-order valence-electron chi connectivity index (χ4n) is 2.92. The number of amides is 3. The number of nitrogens with zero attached hydrogens (tertiary/aromatic N) is 2. The first-order chi connectivity index (χ1) is 14.3. The normalized spacial score (nSPS) is 14.5. The molecule has 3 rings (SSSR count). The zero-order valence-electron chi connectivity index (χ0n) is 16.4. The number of aliphatic imine (C=N–C) groups is 1. The zero-order valence-corrected chi connectivity index (χ0v) is 16.4. The van der Waals surface area contributed by atoms with E-state index in [-0.39, 0.29) is 37.1 Å². The number of halogens is 1. The maximum atomic E-state index is 13.0. The van der Waals surface area contributed by atoms with Gasteiger partial charge in [-0.25, -0.2) is 9.40 Å². The number of hydrogen-bond acceptors (Lipinski definition) is 5. The maximum Gasteiger partial charge on any atom is 0.288 e. The van der Waals surface area contributed by atoms with Gasteiger partial charge in [0.2, 0.25) is 11.7 Å². The number of anilines is 1. The molecule has 3 amide bonds. The van der Waals surface area contributed by atoms with Crippen molar-refractivity contribution in [3.05, 3.63) is 65.5 Å². The Balaban J connectivity index is 1.62. The molecule has 1 unspecified atom stereocenters. The molecule has 0 fully saturated rings. The number of amidine groups is 1. The van der Waals surface area contributed by atoms with Gasteiger partial charge in [-0.05, 0) is 43.2 Å². The monoisotopic (exact) mass is 411 g/mol. The van der Waals surface area contributed by atoms with Gasteiger partial charge in [-0.1, -0.05) is 29.8 Å². The van der Waals surface area contributed by atoms with E-state index in [9.17, 15) is 18.8 Å². The van der Waals surface area contributed by atoms with E-state index in [4.69, 9.17) is 5.73 Å². The summed E-state index contributed by atoms with van der Waals surface area (Å²) in [5.74, 6) is -2.56. The number of hydrazine groups is 1. The van der Waals surface area contributed by atoms with E-state index >= 15 is 0 Å². The molecule has 0 spiro atoms. The zero-order chi connectivity index (χ0) is 21.7. The molecule has 0 saturated carbocycles. The molecule has 0 saturated heterocycles. The Morgan fingerprint density at radius 2 is 1.87 bits per heavy atom. The number of benzene rings is 2. The minimum absolute atomic E-state index is 0.0231. The molecule has 0 aromatic heterocycles. The molecule has 1 heterocycles. The molecule has 1 aliphatic rings. The van der Waals surface area contributed by atoms with Gasteiger partial charge in [-0.3, -0.25) is 24.8 Å². The predicted octanol–water partition coefficient (Wildman–Crippen LogP) is 0.844. The van der Waals surface area contributed by atoms with Crippen molar-refractivity contribution in [1.82, 2.24) is 10.7 Å². The van der Waals surface area contributed by atoms with E-state index < -0.39 is 17.7 Å². The smallest absolute Gasteiger partial charge is 0.288 e. The topological polar surface area (TPSA) is 117 Å². The Hall–Kier alpha value is -3.75. The summed E-state index contributed by atoms with van der Waals surface area (Å²) >= 11 is 0. The molecule has 4 N–H and O–H groups in total. The second-order valence-electron chi connectivity index (χ2n) is 6.98.